The summed E-state index contributed by atoms with van der Waals surface area (Å²) in [5.41, 5.74) is 0.157. The minimum absolute atomic E-state index is 0.0263. The molecule has 0 aromatic rings. The van der Waals surface area contributed by atoms with Crippen molar-refractivity contribution in [2.75, 3.05) is 0 Å². The van der Waals surface area contributed by atoms with E-state index in [2.05, 4.69) is 0 Å². The van der Waals surface area contributed by atoms with E-state index in [9.17, 15) is 19.2 Å². The molecule has 8 heteroatoms. The van der Waals surface area contributed by atoms with Crippen LogP contribution in [-0.4, -0.2) is 44.3 Å². The van der Waals surface area contributed by atoms with Gasteiger partial charge < -0.3 is 20.4 Å². The van der Waals surface area contributed by atoms with Crippen molar-refractivity contribution in [2.24, 2.45) is 17.8 Å². The minimum atomic E-state index is -1.37. The van der Waals surface area contributed by atoms with Crippen molar-refractivity contribution in [3.63, 3.8) is 0 Å². The Bertz CT molecular complexity index is 478. The monoisotopic (exact) mass is 286 g/mol. The first-order valence-electron chi connectivity index (χ1n) is 5.84. The lowest BCUT2D eigenvalue weighted by molar-refractivity contribution is -0.152. The second-order valence-electron chi connectivity index (χ2n) is 4.58. The van der Waals surface area contributed by atoms with Gasteiger partial charge in [-0.25, -0.2) is 0 Å². The van der Waals surface area contributed by atoms with E-state index in [1.54, 1.807) is 0 Å². The summed E-state index contributed by atoms with van der Waals surface area (Å²) in [5, 5.41) is 35.6. The van der Waals surface area contributed by atoms with Gasteiger partial charge in [0, 0.05) is 0 Å². The van der Waals surface area contributed by atoms with Crippen molar-refractivity contribution in [1.29, 1.82) is 0 Å². The van der Waals surface area contributed by atoms with Crippen LogP contribution in [0.4, 0.5) is 0 Å². The third-order valence-corrected chi connectivity index (χ3v) is 3.30. The Kier molecular flexibility index (Phi) is 4.84. The average Bonchev–Trinajstić information content (AvgIpc) is 2.34. The van der Waals surface area contributed by atoms with Crippen LogP contribution in [-0.2, 0) is 19.2 Å². The number of aliphatic carboxylic acids is 4. The quantitative estimate of drug-likeness (QED) is 0.509. The normalized spacial score (nSPS) is 23.5. The van der Waals surface area contributed by atoms with E-state index in [1.807, 2.05) is 0 Å². The fourth-order valence-electron chi connectivity index (χ4n) is 2.29. The molecule has 0 amide bonds. The maximum atomic E-state index is 11.1. The molecule has 8 nitrogen and oxygen atoms in total. The summed E-state index contributed by atoms with van der Waals surface area (Å²) in [6, 6.07) is 0. The van der Waals surface area contributed by atoms with Crippen LogP contribution in [0.1, 0.15) is 19.3 Å². The molecule has 0 heterocycles. The summed E-state index contributed by atoms with van der Waals surface area (Å²) in [5.74, 6) is -9.11. The molecule has 0 aromatic heterocycles. The van der Waals surface area contributed by atoms with E-state index in [0.29, 0.717) is 0 Å². The number of hydrogen-bond acceptors (Lipinski definition) is 4. The van der Waals surface area contributed by atoms with Gasteiger partial charge in [0.05, 0.1) is 24.2 Å². The molecule has 0 bridgehead atoms. The predicted octanol–water partition coefficient (Wildman–Crippen LogP) is 0.284. The van der Waals surface area contributed by atoms with Gasteiger partial charge in [-0.15, -0.1) is 0 Å². The van der Waals surface area contributed by atoms with Crippen LogP contribution in [0.15, 0.2) is 11.6 Å². The zero-order valence-electron chi connectivity index (χ0n) is 10.4. The molecule has 0 spiro atoms. The Hall–Kier alpha value is -2.38. The zero-order chi connectivity index (χ0) is 15.4. The summed E-state index contributed by atoms with van der Waals surface area (Å²) < 4.78 is 0. The van der Waals surface area contributed by atoms with Crippen LogP contribution in [0.25, 0.3) is 0 Å². The molecule has 0 radical (unpaired) electrons. The van der Waals surface area contributed by atoms with E-state index < -0.39 is 48.1 Å². The Balaban J connectivity index is 3.08. The van der Waals surface area contributed by atoms with Crippen molar-refractivity contribution in [1.82, 2.24) is 0 Å². The number of rotatable bonds is 6. The Morgan fingerprint density at radius 1 is 1.10 bits per heavy atom. The van der Waals surface area contributed by atoms with Gasteiger partial charge in [0.15, 0.2) is 0 Å². The van der Waals surface area contributed by atoms with E-state index in [1.165, 1.54) is 0 Å². The van der Waals surface area contributed by atoms with Gasteiger partial charge in [-0.05, 0) is 12.8 Å². The molecule has 0 aliphatic heterocycles. The van der Waals surface area contributed by atoms with E-state index in [-0.39, 0.29) is 18.4 Å². The smallest absolute Gasteiger partial charge is 0.311 e. The van der Waals surface area contributed by atoms with Crippen LogP contribution < -0.4 is 0 Å². The SMILES string of the molecule is O=C(O)CC(C(=O)O)C1=CC(C(=O)O)C(C(=O)O)CC1. The summed E-state index contributed by atoms with van der Waals surface area (Å²) in [6.45, 7) is 0. The second kappa shape index (κ2) is 6.18. The highest BCUT2D eigenvalue weighted by Gasteiger charge is 2.38. The van der Waals surface area contributed by atoms with Gasteiger partial charge in [-0.2, -0.15) is 0 Å². The summed E-state index contributed by atoms with van der Waals surface area (Å²) >= 11 is 0. The molecule has 20 heavy (non-hydrogen) atoms. The molecular formula is C12H14O8. The molecule has 3 atom stereocenters. The first-order chi connectivity index (χ1) is 9.23. The molecule has 0 aromatic carbocycles. The van der Waals surface area contributed by atoms with Gasteiger partial charge in [-0.3, -0.25) is 19.2 Å². The molecule has 110 valence electrons. The summed E-state index contributed by atoms with van der Waals surface area (Å²) in [6.07, 6.45) is 0.449. The van der Waals surface area contributed by atoms with Crippen LogP contribution >= 0.6 is 0 Å². The summed E-state index contributed by atoms with van der Waals surface area (Å²) in [7, 11) is 0. The van der Waals surface area contributed by atoms with Crippen molar-refractivity contribution in [3.8, 4) is 0 Å². The molecule has 1 aliphatic carbocycles. The number of carboxylic acids is 4. The maximum Gasteiger partial charge on any atom is 0.311 e. The van der Waals surface area contributed by atoms with Crippen molar-refractivity contribution < 1.29 is 39.6 Å². The Labute approximate surface area is 113 Å². The largest absolute Gasteiger partial charge is 0.481 e. The van der Waals surface area contributed by atoms with Crippen molar-refractivity contribution in [2.45, 2.75) is 19.3 Å². The predicted molar refractivity (Wildman–Crippen MR) is 62.9 cm³/mol. The van der Waals surface area contributed by atoms with E-state index >= 15 is 0 Å². The van der Waals surface area contributed by atoms with Gasteiger partial charge in [0.1, 0.15) is 0 Å². The number of hydrogen-bond donors (Lipinski definition) is 4. The van der Waals surface area contributed by atoms with Crippen LogP contribution in [0.5, 0.6) is 0 Å². The van der Waals surface area contributed by atoms with Crippen LogP contribution in [0, 0.1) is 17.8 Å². The molecule has 0 saturated carbocycles. The summed E-state index contributed by atoms with van der Waals surface area (Å²) in [4.78, 5) is 43.7. The Morgan fingerprint density at radius 2 is 1.70 bits per heavy atom. The van der Waals surface area contributed by atoms with Gasteiger partial charge in [-0.1, -0.05) is 11.6 Å². The highest BCUT2D eigenvalue weighted by Crippen LogP contribution is 2.34. The molecule has 4 N–H and O–H groups in total. The fraction of sp³-hybridized carbons (Fsp3) is 0.500. The van der Waals surface area contributed by atoms with Gasteiger partial charge in [0.25, 0.3) is 0 Å². The van der Waals surface area contributed by atoms with Gasteiger partial charge >= 0.3 is 23.9 Å². The molecule has 0 fully saturated rings. The zero-order valence-corrected chi connectivity index (χ0v) is 10.4. The lowest BCUT2D eigenvalue weighted by atomic mass is 9.76. The average molecular weight is 286 g/mol. The van der Waals surface area contributed by atoms with Crippen molar-refractivity contribution in [3.05, 3.63) is 11.6 Å². The highest BCUT2D eigenvalue weighted by atomic mass is 16.4. The first-order valence-corrected chi connectivity index (χ1v) is 5.84. The number of carbonyl (C=O) groups is 4. The molecule has 3 unspecified atom stereocenters. The fourth-order valence-corrected chi connectivity index (χ4v) is 2.29. The molecular weight excluding hydrogens is 272 g/mol. The van der Waals surface area contributed by atoms with Gasteiger partial charge in [0.2, 0.25) is 0 Å². The lowest BCUT2D eigenvalue weighted by Gasteiger charge is -2.26. The maximum absolute atomic E-state index is 11.1. The third kappa shape index (κ3) is 3.56. The van der Waals surface area contributed by atoms with Crippen LogP contribution in [0.3, 0.4) is 0 Å². The molecule has 1 aliphatic rings. The Morgan fingerprint density at radius 3 is 2.10 bits per heavy atom. The highest BCUT2D eigenvalue weighted by molar-refractivity contribution is 5.84. The lowest BCUT2D eigenvalue weighted by Crippen LogP contribution is -2.33. The van der Waals surface area contributed by atoms with Crippen molar-refractivity contribution >= 4 is 23.9 Å². The molecule has 1 rings (SSSR count). The second-order valence-corrected chi connectivity index (χ2v) is 4.58. The minimum Gasteiger partial charge on any atom is -0.481 e. The van der Waals surface area contributed by atoms with E-state index in [4.69, 9.17) is 20.4 Å². The topological polar surface area (TPSA) is 149 Å². The third-order valence-electron chi connectivity index (χ3n) is 3.30. The standard InChI is InChI=1S/C12H14O8/c13-9(14)4-7(11(17)18)5-1-2-6(10(15)16)8(3-5)12(19)20/h3,6-8H,1-2,4H2,(H,13,14)(H,15,16)(H,17,18)(H,19,20). The molecule has 0 saturated heterocycles. The number of carboxylic acid groups (broad SMARTS) is 4. The van der Waals surface area contributed by atoms with Crippen LogP contribution in [0.2, 0.25) is 0 Å². The van der Waals surface area contributed by atoms with E-state index in [0.717, 1.165) is 6.08 Å². The first kappa shape index (κ1) is 15.7.